The zero-order valence-electron chi connectivity index (χ0n) is 10.9. The number of nitrogens with zero attached hydrogens (tertiary/aromatic N) is 4. The van der Waals surface area contributed by atoms with E-state index in [1.165, 1.54) is 0 Å². The zero-order chi connectivity index (χ0) is 13.1. The van der Waals surface area contributed by atoms with Gasteiger partial charge in [0.15, 0.2) is 5.65 Å². The van der Waals surface area contributed by atoms with Crippen molar-refractivity contribution in [2.24, 2.45) is 11.8 Å². The maximum absolute atomic E-state index is 5.39. The number of hydrazine groups is 1. The number of hydrogen-bond donors (Lipinski definition) is 3. The molecule has 0 aromatic carbocycles. The second-order valence-electron chi connectivity index (χ2n) is 4.58. The number of anilines is 2. The third kappa shape index (κ3) is 2.35. The van der Waals surface area contributed by atoms with Crippen molar-refractivity contribution in [2.45, 2.75) is 20.8 Å². The molecule has 0 aliphatic heterocycles. The molecule has 18 heavy (non-hydrogen) atoms. The maximum Gasteiger partial charge on any atom is 0.241 e. The molecule has 98 valence electrons. The first-order valence-corrected chi connectivity index (χ1v) is 6.08. The van der Waals surface area contributed by atoms with Crippen molar-refractivity contribution in [3.63, 3.8) is 0 Å². The van der Waals surface area contributed by atoms with E-state index in [1.54, 1.807) is 6.20 Å². The Balaban J connectivity index is 2.49. The summed E-state index contributed by atoms with van der Waals surface area (Å²) < 4.78 is 0. The van der Waals surface area contributed by atoms with E-state index in [0.717, 1.165) is 24.3 Å². The van der Waals surface area contributed by atoms with Crippen molar-refractivity contribution in [1.82, 2.24) is 20.2 Å². The Morgan fingerprint density at radius 2 is 2.22 bits per heavy atom. The summed E-state index contributed by atoms with van der Waals surface area (Å²) in [5.41, 5.74) is 3.17. The van der Waals surface area contributed by atoms with Crippen molar-refractivity contribution in [1.29, 1.82) is 0 Å². The average molecular weight is 249 g/mol. The molecule has 7 nitrogen and oxygen atoms in total. The van der Waals surface area contributed by atoms with Gasteiger partial charge >= 0.3 is 0 Å². The third-order valence-corrected chi connectivity index (χ3v) is 2.69. The van der Waals surface area contributed by atoms with Crippen LogP contribution >= 0.6 is 0 Å². The van der Waals surface area contributed by atoms with E-state index in [0.29, 0.717) is 17.5 Å². The fourth-order valence-electron chi connectivity index (χ4n) is 1.93. The van der Waals surface area contributed by atoms with Gasteiger partial charge in [-0.3, -0.25) is 10.5 Å². The number of nitrogens with one attached hydrogen (secondary N) is 2. The second-order valence-corrected chi connectivity index (χ2v) is 4.58. The SMILES string of the molecule is CCN(CC(C)C)c1nc(NN)nc2[nH]ncc12. The van der Waals surface area contributed by atoms with Crippen LogP contribution in [0.3, 0.4) is 0 Å². The van der Waals surface area contributed by atoms with Gasteiger partial charge in [-0.05, 0) is 12.8 Å². The predicted molar refractivity (Wildman–Crippen MR) is 72.2 cm³/mol. The Kier molecular flexibility index (Phi) is 3.61. The molecule has 7 heteroatoms. The van der Waals surface area contributed by atoms with Crippen LogP contribution in [0.1, 0.15) is 20.8 Å². The van der Waals surface area contributed by atoms with Gasteiger partial charge < -0.3 is 4.90 Å². The molecule has 0 amide bonds. The summed E-state index contributed by atoms with van der Waals surface area (Å²) in [6, 6.07) is 0. The van der Waals surface area contributed by atoms with Crippen LogP contribution in [-0.4, -0.2) is 33.3 Å². The Bertz CT molecular complexity index is 519. The molecule has 0 aliphatic carbocycles. The molecule has 4 N–H and O–H groups in total. The van der Waals surface area contributed by atoms with Gasteiger partial charge in [0.1, 0.15) is 5.82 Å². The molecule has 2 aromatic heterocycles. The minimum absolute atomic E-state index is 0.393. The van der Waals surface area contributed by atoms with E-state index in [9.17, 15) is 0 Å². The van der Waals surface area contributed by atoms with Crippen molar-refractivity contribution < 1.29 is 0 Å². The number of aromatic amines is 1. The number of nitrogens with two attached hydrogens (primary N) is 1. The van der Waals surface area contributed by atoms with Gasteiger partial charge in [0.25, 0.3) is 0 Å². The molecule has 0 saturated carbocycles. The molecule has 0 bridgehead atoms. The molecule has 0 fully saturated rings. The fraction of sp³-hybridized carbons (Fsp3) is 0.545. The number of H-pyrrole nitrogens is 1. The Labute approximate surface area is 106 Å². The standard InChI is InChI=1S/C11H19N7/c1-4-18(6-7(2)3)10-8-5-13-17-9(8)14-11(15-10)16-12/h5,7H,4,6,12H2,1-3H3,(H2,13,14,15,16,17). The van der Waals surface area contributed by atoms with Crippen molar-refractivity contribution in [3.8, 4) is 0 Å². The summed E-state index contributed by atoms with van der Waals surface area (Å²) >= 11 is 0. The van der Waals surface area contributed by atoms with E-state index in [1.807, 2.05) is 0 Å². The van der Waals surface area contributed by atoms with Crippen molar-refractivity contribution in [2.75, 3.05) is 23.4 Å². The van der Waals surface area contributed by atoms with Crippen LogP contribution in [0.2, 0.25) is 0 Å². The van der Waals surface area contributed by atoms with Crippen molar-refractivity contribution >= 4 is 22.8 Å². The number of rotatable bonds is 5. The smallest absolute Gasteiger partial charge is 0.241 e. The largest absolute Gasteiger partial charge is 0.356 e. The highest BCUT2D eigenvalue weighted by molar-refractivity contribution is 5.87. The van der Waals surface area contributed by atoms with Gasteiger partial charge in [-0.1, -0.05) is 13.8 Å². The zero-order valence-corrected chi connectivity index (χ0v) is 10.9. The normalized spacial score (nSPS) is 11.2. The number of hydrogen-bond acceptors (Lipinski definition) is 6. The van der Waals surface area contributed by atoms with Crippen LogP contribution in [0.15, 0.2) is 6.20 Å². The average Bonchev–Trinajstić information content (AvgIpc) is 2.82. The quantitative estimate of drug-likeness (QED) is 0.543. The predicted octanol–water partition coefficient (Wildman–Crippen LogP) is 1.12. The summed E-state index contributed by atoms with van der Waals surface area (Å²) in [4.78, 5) is 10.9. The summed E-state index contributed by atoms with van der Waals surface area (Å²) in [6.07, 6.45) is 1.74. The lowest BCUT2D eigenvalue weighted by Crippen LogP contribution is -2.28. The topological polar surface area (TPSA) is 95.8 Å². The van der Waals surface area contributed by atoms with Gasteiger partial charge in [-0.2, -0.15) is 15.1 Å². The molecule has 0 atom stereocenters. The Morgan fingerprint density at radius 3 is 2.83 bits per heavy atom. The fourth-order valence-corrected chi connectivity index (χ4v) is 1.93. The lowest BCUT2D eigenvalue weighted by atomic mass is 10.2. The van der Waals surface area contributed by atoms with E-state index >= 15 is 0 Å². The molecule has 2 rings (SSSR count). The first kappa shape index (κ1) is 12.6. The molecule has 0 aliphatic rings. The molecular weight excluding hydrogens is 230 g/mol. The highest BCUT2D eigenvalue weighted by atomic mass is 15.3. The lowest BCUT2D eigenvalue weighted by Gasteiger charge is -2.24. The van der Waals surface area contributed by atoms with E-state index in [-0.39, 0.29) is 0 Å². The van der Waals surface area contributed by atoms with Gasteiger partial charge in [0.2, 0.25) is 5.95 Å². The van der Waals surface area contributed by atoms with E-state index in [4.69, 9.17) is 5.84 Å². The molecular formula is C11H19N7. The van der Waals surface area contributed by atoms with Crippen LogP contribution in [0.5, 0.6) is 0 Å². The summed E-state index contributed by atoms with van der Waals surface area (Å²) in [6.45, 7) is 8.26. The summed E-state index contributed by atoms with van der Waals surface area (Å²) in [5.74, 6) is 7.20. The van der Waals surface area contributed by atoms with Crippen molar-refractivity contribution in [3.05, 3.63) is 6.20 Å². The maximum atomic E-state index is 5.39. The molecule has 2 heterocycles. The minimum Gasteiger partial charge on any atom is -0.356 e. The second kappa shape index (κ2) is 5.18. The number of nitrogen functional groups attached to an aromatic ring is 1. The monoisotopic (exact) mass is 249 g/mol. The lowest BCUT2D eigenvalue weighted by molar-refractivity contribution is 0.615. The van der Waals surface area contributed by atoms with E-state index < -0.39 is 0 Å². The van der Waals surface area contributed by atoms with E-state index in [2.05, 4.69) is 51.3 Å². The van der Waals surface area contributed by atoms with Gasteiger partial charge in [-0.15, -0.1) is 0 Å². The number of fused-ring (bicyclic) bond motifs is 1. The van der Waals surface area contributed by atoms with Crippen LogP contribution in [-0.2, 0) is 0 Å². The van der Waals surface area contributed by atoms with Gasteiger partial charge in [0, 0.05) is 13.1 Å². The van der Waals surface area contributed by atoms with Crippen LogP contribution in [0, 0.1) is 5.92 Å². The van der Waals surface area contributed by atoms with Crippen LogP contribution in [0.4, 0.5) is 11.8 Å². The van der Waals surface area contributed by atoms with Gasteiger partial charge in [0.05, 0.1) is 11.6 Å². The first-order chi connectivity index (χ1) is 8.65. The minimum atomic E-state index is 0.393. The number of aromatic nitrogens is 4. The van der Waals surface area contributed by atoms with Crippen LogP contribution < -0.4 is 16.2 Å². The molecule has 2 aromatic rings. The molecule has 0 spiro atoms. The first-order valence-electron chi connectivity index (χ1n) is 6.08. The molecule has 0 unspecified atom stereocenters. The Hall–Kier alpha value is -1.89. The molecule has 0 saturated heterocycles. The van der Waals surface area contributed by atoms with Gasteiger partial charge in [-0.25, -0.2) is 5.84 Å². The highest BCUT2D eigenvalue weighted by Crippen LogP contribution is 2.24. The Morgan fingerprint density at radius 1 is 1.44 bits per heavy atom. The molecule has 0 radical (unpaired) electrons. The summed E-state index contributed by atoms with van der Waals surface area (Å²) in [5, 5.41) is 7.77. The summed E-state index contributed by atoms with van der Waals surface area (Å²) in [7, 11) is 0. The highest BCUT2D eigenvalue weighted by Gasteiger charge is 2.15. The third-order valence-electron chi connectivity index (χ3n) is 2.69. The van der Waals surface area contributed by atoms with Crippen LogP contribution in [0.25, 0.3) is 11.0 Å².